The molecular weight excluding hydrogens is 254 g/mol. The molecule has 92 valence electrons. The summed E-state index contributed by atoms with van der Waals surface area (Å²) >= 11 is 1.39. The van der Waals surface area contributed by atoms with Gasteiger partial charge >= 0.3 is 5.69 Å². The number of H-pyrrole nitrogens is 1. The van der Waals surface area contributed by atoms with Gasteiger partial charge in [-0.3, -0.25) is 10.1 Å². The first-order valence-electron chi connectivity index (χ1n) is 5.06. The summed E-state index contributed by atoms with van der Waals surface area (Å²) in [5, 5.41) is 11.3. The van der Waals surface area contributed by atoms with Crippen LogP contribution in [0, 0.1) is 10.1 Å². The van der Waals surface area contributed by atoms with Gasteiger partial charge in [0.15, 0.2) is 0 Å². The number of aromatic amines is 1. The number of non-ortho nitro benzene ring substituents is 1. The predicted molar refractivity (Wildman–Crippen MR) is 67.5 cm³/mol. The third-order valence-electron chi connectivity index (χ3n) is 2.16. The van der Waals surface area contributed by atoms with E-state index in [9.17, 15) is 14.9 Å². The molecule has 6 nitrogen and oxygen atoms in total. The highest BCUT2D eigenvalue weighted by Crippen LogP contribution is 2.21. The Kier molecular flexibility index (Phi) is 3.73. The summed E-state index contributed by atoms with van der Waals surface area (Å²) in [6.07, 6.45) is 1.43. The van der Waals surface area contributed by atoms with Gasteiger partial charge in [-0.15, -0.1) is 11.8 Å². The van der Waals surface area contributed by atoms with E-state index in [4.69, 9.17) is 0 Å². The summed E-state index contributed by atoms with van der Waals surface area (Å²) in [5.41, 5.74) is 0.488. The van der Waals surface area contributed by atoms with E-state index in [0.717, 1.165) is 5.56 Å². The lowest BCUT2D eigenvalue weighted by Crippen LogP contribution is -2.08. The molecule has 0 amide bonds. The molecule has 0 radical (unpaired) electrons. The number of nitrogens with one attached hydrogen (secondary N) is 1. The zero-order chi connectivity index (χ0) is 13.0. The summed E-state index contributed by atoms with van der Waals surface area (Å²) < 4.78 is 0. The van der Waals surface area contributed by atoms with Gasteiger partial charge in [0.1, 0.15) is 0 Å². The minimum Gasteiger partial charge on any atom is -0.300 e. The maximum atomic E-state index is 11.0. The van der Waals surface area contributed by atoms with Gasteiger partial charge in [0, 0.05) is 24.1 Å². The van der Waals surface area contributed by atoms with Crippen molar-refractivity contribution in [1.82, 2.24) is 9.97 Å². The van der Waals surface area contributed by atoms with Gasteiger partial charge in [-0.25, -0.2) is 9.78 Å². The SMILES string of the molecule is O=c1nccc(SCc2cccc([N+](=O)[O-])c2)[nH]1. The summed E-state index contributed by atoms with van der Waals surface area (Å²) in [4.78, 5) is 27.3. The minimum atomic E-state index is -0.428. The maximum Gasteiger partial charge on any atom is 0.345 e. The van der Waals surface area contributed by atoms with Crippen LogP contribution < -0.4 is 5.69 Å². The van der Waals surface area contributed by atoms with E-state index >= 15 is 0 Å². The third-order valence-corrected chi connectivity index (χ3v) is 3.19. The second kappa shape index (κ2) is 5.46. The van der Waals surface area contributed by atoms with Crippen LogP contribution in [0.4, 0.5) is 5.69 Å². The van der Waals surface area contributed by atoms with E-state index in [2.05, 4.69) is 9.97 Å². The van der Waals surface area contributed by atoms with Gasteiger partial charge in [-0.05, 0) is 11.6 Å². The Morgan fingerprint density at radius 3 is 2.94 bits per heavy atom. The fraction of sp³-hybridized carbons (Fsp3) is 0.0909. The first-order valence-corrected chi connectivity index (χ1v) is 6.05. The molecule has 0 aliphatic rings. The second-order valence-corrected chi connectivity index (χ2v) is 4.47. The number of benzene rings is 1. The number of hydrogen-bond donors (Lipinski definition) is 1. The van der Waals surface area contributed by atoms with Crippen molar-refractivity contribution >= 4 is 17.4 Å². The molecule has 2 rings (SSSR count). The van der Waals surface area contributed by atoms with Gasteiger partial charge in [-0.2, -0.15) is 0 Å². The van der Waals surface area contributed by atoms with Crippen molar-refractivity contribution in [2.24, 2.45) is 0 Å². The summed E-state index contributed by atoms with van der Waals surface area (Å²) in [7, 11) is 0. The fourth-order valence-corrected chi connectivity index (χ4v) is 2.18. The molecule has 2 aromatic rings. The van der Waals surface area contributed by atoms with Crippen LogP contribution in [0.2, 0.25) is 0 Å². The first kappa shape index (κ1) is 12.3. The van der Waals surface area contributed by atoms with Crippen LogP contribution in [0.3, 0.4) is 0 Å². The van der Waals surface area contributed by atoms with Gasteiger partial charge < -0.3 is 4.98 Å². The lowest BCUT2D eigenvalue weighted by molar-refractivity contribution is -0.384. The van der Waals surface area contributed by atoms with E-state index in [1.165, 1.54) is 30.1 Å². The quantitative estimate of drug-likeness (QED) is 0.394. The highest BCUT2D eigenvalue weighted by Gasteiger charge is 2.06. The van der Waals surface area contributed by atoms with Crippen molar-refractivity contribution in [3.8, 4) is 0 Å². The molecule has 0 bridgehead atoms. The highest BCUT2D eigenvalue weighted by atomic mass is 32.2. The molecule has 1 heterocycles. The lowest BCUT2D eigenvalue weighted by atomic mass is 10.2. The molecule has 0 aliphatic heterocycles. The van der Waals surface area contributed by atoms with Crippen LogP contribution in [0.25, 0.3) is 0 Å². The molecule has 0 atom stereocenters. The molecule has 1 aromatic heterocycles. The van der Waals surface area contributed by atoms with Gasteiger partial charge in [0.25, 0.3) is 5.69 Å². The normalized spacial score (nSPS) is 10.2. The minimum absolute atomic E-state index is 0.0660. The van der Waals surface area contributed by atoms with Crippen LogP contribution in [0.1, 0.15) is 5.56 Å². The number of aromatic nitrogens is 2. The largest absolute Gasteiger partial charge is 0.345 e. The standard InChI is InChI=1S/C11H9N3O3S/c15-11-12-5-4-10(13-11)18-7-8-2-1-3-9(6-8)14(16)17/h1-6H,7H2,(H,12,13,15). The molecule has 0 unspecified atom stereocenters. The Morgan fingerprint density at radius 2 is 2.22 bits per heavy atom. The highest BCUT2D eigenvalue weighted by molar-refractivity contribution is 7.98. The molecule has 0 saturated heterocycles. The van der Waals surface area contributed by atoms with E-state index in [1.807, 2.05) is 0 Å². The molecule has 0 saturated carbocycles. The molecule has 0 spiro atoms. The first-order chi connectivity index (χ1) is 8.65. The van der Waals surface area contributed by atoms with Crippen molar-refractivity contribution in [3.63, 3.8) is 0 Å². The molecule has 0 fully saturated rings. The fourth-order valence-electron chi connectivity index (χ4n) is 1.36. The van der Waals surface area contributed by atoms with Crippen molar-refractivity contribution in [2.45, 2.75) is 10.8 Å². The monoisotopic (exact) mass is 263 g/mol. The Balaban J connectivity index is 2.08. The number of rotatable bonds is 4. The van der Waals surface area contributed by atoms with Crippen molar-refractivity contribution in [2.75, 3.05) is 0 Å². The number of hydrogen-bond acceptors (Lipinski definition) is 5. The third kappa shape index (κ3) is 3.17. The van der Waals surface area contributed by atoms with E-state index < -0.39 is 10.6 Å². The van der Waals surface area contributed by atoms with Crippen molar-refractivity contribution in [3.05, 3.63) is 62.7 Å². The molecular formula is C11H9N3O3S. The van der Waals surface area contributed by atoms with Crippen LogP contribution in [-0.2, 0) is 5.75 Å². The Labute approximate surface area is 106 Å². The number of nitrogens with zero attached hydrogens (tertiary/aromatic N) is 2. The molecule has 7 heteroatoms. The smallest absolute Gasteiger partial charge is 0.300 e. The Bertz CT molecular complexity index is 627. The van der Waals surface area contributed by atoms with Crippen molar-refractivity contribution in [1.29, 1.82) is 0 Å². The summed E-state index contributed by atoms with van der Waals surface area (Å²) in [6, 6.07) is 8.10. The van der Waals surface area contributed by atoms with E-state index in [0.29, 0.717) is 10.8 Å². The second-order valence-electron chi connectivity index (χ2n) is 3.45. The average Bonchev–Trinajstić information content (AvgIpc) is 2.37. The summed E-state index contributed by atoms with van der Waals surface area (Å²) in [6.45, 7) is 0. The van der Waals surface area contributed by atoms with Gasteiger partial charge in [0.05, 0.1) is 9.95 Å². The molecule has 1 N–H and O–H groups in total. The number of nitro benzene ring substituents is 1. The lowest BCUT2D eigenvalue weighted by Gasteiger charge is -2.01. The van der Waals surface area contributed by atoms with Crippen molar-refractivity contribution < 1.29 is 4.92 Å². The van der Waals surface area contributed by atoms with E-state index in [1.54, 1.807) is 18.2 Å². The van der Waals surface area contributed by atoms with Crippen LogP contribution in [-0.4, -0.2) is 14.9 Å². The van der Waals surface area contributed by atoms with Gasteiger partial charge in [0.2, 0.25) is 0 Å². The average molecular weight is 263 g/mol. The zero-order valence-electron chi connectivity index (χ0n) is 9.20. The Morgan fingerprint density at radius 1 is 1.39 bits per heavy atom. The Hall–Kier alpha value is -2.15. The topological polar surface area (TPSA) is 88.9 Å². The number of thioether (sulfide) groups is 1. The molecule has 18 heavy (non-hydrogen) atoms. The number of nitro groups is 1. The van der Waals surface area contributed by atoms with Crippen LogP contribution in [0.15, 0.2) is 46.3 Å². The molecule has 0 aliphatic carbocycles. The van der Waals surface area contributed by atoms with Gasteiger partial charge in [-0.1, -0.05) is 12.1 Å². The van der Waals surface area contributed by atoms with Crippen LogP contribution >= 0.6 is 11.8 Å². The maximum absolute atomic E-state index is 11.0. The summed E-state index contributed by atoms with van der Waals surface area (Å²) in [5.74, 6) is 0.543. The van der Waals surface area contributed by atoms with E-state index in [-0.39, 0.29) is 5.69 Å². The van der Waals surface area contributed by atoms with Crippen LogP contribution in [0.5, 0.6) is 0 Å². The molecule has 1 aromatic carbocycles. The zero-order valence-corrected chi connectivity index (χ0v) is 10.0. The predicted octanol–water partition coefficient (Wildman–Crippen LogP) is 1.97.